The summed E-state index contributed by atoms with van der Waals surface area (Å²) in [5, 5.41) is 7.09. The molecule has 0 radical (unpaired) electrons. The highest BCUT2D eigenvalue weighted by molar-refractivity contribution is 4.89. The molecule has 0 saturated heterocycles. The molecule has 3 heteroatoms. The normalized spacial score (nSPS) is 13.1. The summed E-state index contributed by atoms with van der Waals surface area (Å²) in [6, 6.07) is 0. The predicted molar refractivity (Wildman–Crippen MR) is 28.7 cm³/mol. The molecule has 0 fully saturated rings. The standard InChI is InChI=1S/C4H9N3/c1-4(3-5)7-6-2/h3H,5H2,1-2H3/b4-3-,7-6-. The van der Waals surface area contributed by atoms with Crippen molar-refractivity contribution in [1.29, 1.82) is 0 Å². The summed E-state index contributed by atoms with van der Waals surface area (Å²) in [6.07, 6.45) is 1.41. The zero-order chi connectivity index (χ0) is 5.70. The quantitative estimate of drug-likeness (QED) is 0.487. The smallest absolute Gasteiger partial charge is 0.0749 e. The van der Waals surface area contributed by atoms with Crippen molar-refractivity contribution in [2.24, 2.45) is 16.0 Å². The molecule has 0 aromatic heterocycles. The van der Waals surface area contributed by atoms with Gasteiger partial charge in [-0.2, -0.15) is 10.2 Å². The molecule has 0 aliphatic carbocycles. The average molecular weight is 99.1 g/mol. The second-order valence-electron chi connectivity index (χ2n) is 1.11. The largest absolute Gasteiger partial charge is 0.403 e. The summed E-state index contributed by atoms with van der Waals surface area (Å²) in [5.41, 5.74) is 5.78. The van der Waals surface area contributed by atoms with E-state index in [2.05, 4.69) is 10.2 Å². The van der Waals surface area contributed by atoms with Crippen molar-refractivity contribution in [3.63, 3.8) is 0 Å². The van der Waals surface area contributed by atoms with Gasteiger partial charge in [-0.1, -0.05) is 0 Å². The van der Waals surface area contributed by atoms with Crippen LogP contribution in [0.3, 0.4) is 0 Å². The number of rotatable bonds is 1. The summed E-state index contributed by atoms with van der Waals surface area (Å²) in [5.74, 6) is 0. The van der Waals surface area contributed by atoms with E-state index in [1.807, 2.05) is 0 Å². The Morgan fingerprint density at radius 3 is 2.43 bits per heavy atom. The van der Waals surface area contributed by atoms with E-state index in [1.165, 1.54) is 6.20 Å². The minimum atomic E-state index is 0.738. The molecule has 0 amide bonds. The van der Waals surface area contributed by atoms with E-state index >= 15 is 0 Å². The van der Waals surface area contributed by atoms with E-state index in [9.17, 15) is 0 Å². The van der Waals surface area contributed by atoms with Gasteiger partial charge in [0, 0.05) is 13.2 Å². The highest BCUT2D eigenvalue weighted by Crippen LogP contribution is 1.88. The number of nitrogens with two attached hydrogens (primary N) is 1. The first-order valence-corrected chi connectivity index (χ1v) is 1.99. The fourth-order valence-corrected chi connectivity index (χ4v) is 0.191. The molecule has 0 rings (SSSR count). The Morgan fingerprint density at radius 2 is 2.29 bits per heavy atom. The average Bonchev–Trinajstić information content (AvgIpc) is 1.68. The van der Waals surface area contributed by atoms with E-state index in [0.717, 1.165) is 5.70 Å². The molecule has 40 valence electrons. The van der Waals surface area contributed by atoms with Gasteiger partial charge in [0.05, 0.1) is 5.70 Å². The molecule has 0 saturated carbocycles. The third-order valence-corrected chi connectivity index (χ3v) is 0.499. The van der Waals surface area contributed by atoms with Crippen LogP contribution >= 0.6 is 0 Å². The lowest BCUT2D eigenvalue weighted by Crippen LogP contribution is -1.78. The predicted octanol–water partition coefficient (Wildman–Crippen LogP) is 0.888. The van der Waals surface area contributed by atoms with Crippen LogP contribution in [0.1, 0.15) is 6.92 Å². The van der Waals surface area contributed by atoms with Gasteiger partial charge in [0.1, 0.15) is 0 Å². The fraction of sp³-hybridized carbons (Fsp3) is 0.500. The molecule has 0 aromatic rings. The van der Waals surface area contributed by atoms with Gasteiger partial charge in [-0.05, 0) is 6.92 Å². The molecule has 0 aromatic carbocycles. The van der Waals surface area contributed by atoms with Crippen LogP contribution < -0.4 is 5.73 Å². The molecular weight excluding hydrogens is 90.1 g/mol. The van der Waals surface area contributed by atoms with Gasteiger partial charge >= 0.3 is 0 Å². The molecule has 0 unspecified atom stereocenters. The maximum Gasteiger partial charge on any atom is 0.0749 e. The summed E-state index contributed by atoms with van der Waals surface area (Å²) < 4.78 is 0. The molecule has 0 spiro atoms. The molecule has 0 aliphatic heterocycles. The summed E-state index contributed by atoms with van der Waals surface area (Å²) in [4.78, 5) is 0. The van der Waals surface area contributed by atoms with Crippen LogP contribution in [0.25, 0.3) is 0 Å². The van der Waals surface area contributed by atoms with E-state index in [1.54, 1.807) is 14.0 Å². The van der Waals surface area contributed by atoms with Crippen molar-refractivity contribution < 1.29 is 0 Å². The van der Waals surface area contributed by atoms with Gasteiger partial charge in [0.15, 0.2) is 0 Å². The highest BCUT2D eigenvalue weighted by Gasteiger charge is 1.72. The Labute approximate surface area is 42.9 Å². The van der Waals surface area contributed by atoms with Crippen molar-refractivity contribution in [3.05, 3.63) is 11.9 Å². The van der Waals surface area contributed by atoms with E-state index in [-0.39, 0.29) is 0 Å². The van der Waals surface area contributed by atoms with Gasteiger partial charge in [-0.3, -0.25) is 0 Å². The molecule has 0 aliphatic rings. The van der Waals surface area contributed by atoms with Crippen LogP contribution in [-0.4, -0.2) is 7.05 Å². The first-order chi connectivity index (χ1) is 3.31. The molecule has 0 heterocycles. The monoisotopic (exact) mass is 99.1 g/mol. The number of azo groups is 1. The number of hydrogen-bond donors (Lipinski definition) is 1. The minimum Gasteiger partial charge on any atom is -0.403 e. The molecule has 0 bridgehead atoms. The fourth-order valence-electron chi connectivity index (χ4n) is 0.191. The lowest BCUT2D eigenvalue weighted by molar-refractivity contribution is 1.07. The Hall–Kier alpha value is -0.860. The van der Waals surface area contributed by atoms with Crippen molar-refractivity contribution in [3.8, 4) is 0 Å². The molecule has 3 nitrogen and oxygen atoms in total. The maximum absolute atomic E-state index is 5.04. The van der Waals surface area contributed by atoms with Gasteiger partial charge in [-0.25, -0.2) is 0 Å². The lowest BCUT2D eigenvalue weighted by Gasteiger charge is -1.80. The van der Waals surface area contributed by atoms with Crippen molar-refractivity contribution in [2.45, 2.75) is 6.92 Å². The van der Waals surface area contributed by atoms with Gasteiger partial charge in [-0.15, -0.1) is 0 Å². The topological polar surface area (TPSA) is 50.7 Å². The van der Waals surface area contributed by atoms with Crippen LogP contribution in [0.4, 0.5) is 0 Å². The molecule has 2 N–H and O–H groups in total. The first-order valence-electron chi connectivity index (χ1n) is 1.99. The number of nitrogens with zero attached hydrogens (tertiary/aromatic N) is 2. The Kier molecular flexibility index (Phi) is 2.92. The molecule has 7 heavy (non-hydrogen) atoms. The van der Waals surface area contributed by atoms with Gasteiger partial charge in [0.25, 0.3) is 0 Å². The van der Waals surface area contributed by atoms with Crippen molar-refractivity contribution in [2.75, 3.05) is 7.05 Å². The zero-order valence-electron chi connectivity index (χ0n) is 4.55. The summed E-state index contributed by atoms with van der Waals surface area (Å²) in [6.45, 7) is 1.78. The molecule has 0 atom stereocenters. The second kappa shape index (κ2) is 3.33. The van der Waals surface area contributed by atoms with Crippen LogP contribution in [0, 0.1) is 0 Å². The van der Waals surface area contributed by atoms with E-state index in [0.29, 0.717) is 0 Å². The van der Waals surface area contributed by atoms with Gasteiger partial charge < -0.3 is 5.73 Å². The number of allylic oxidation sites excluding steroid dienone is 1. The Bertz CT molecular complexity index is 93.1. The first kappa shape index (κ1) is 6.14. The Balaban J connectivity index is 3.58. The SMILES string of the molecule is C/N=N\C(C)=C/N. The summed E-state index contributed by atoms with van der Waals surface area (Å²) in [7, 11) is 1.60. The number of hydrogen-bond acceptors (Lipinski definition) is 3. The van der Waals surface area contributed by atoms with Crippen molar-refractivity contribution >= 4 is 0 Å². The van der Waals surface area contributed by atoms with Crippen LogP contribution in [0.5, 0.6) is 0 Å². The minimum absolute atomic E-state index is 0.738. The molecular formula is C4H9N3. The zero-order valence-corrected chi connectivity index (χ0v) is 4.55. The van der Waals surface area contributed by atoms with E-state index < -0.39 is 0 Å². The van der Waals surface area contributed by atoms with Crippen LogP contribution in [0.2, 0.25) is 0 Å². The maximum atomic E-state index is 5.04. The summed E-state index contributed by atoms with van der Waals surface area (Å²) >= 11 is 0. The third-order valence-electron chi connectivity index (χ3n) is 0.499. The van der Waals surface area contributed by atoms with Crippen LogP contribution in [0.15, 0.2) is 22.1 Å². The van der Waals surface area contributed by atoms with Crippen molar-refractivity contribution in [1.82, 2.24) is 0 Å². The highest BCUT2D eigenvalue weighted by atomic mass is 15.1. The third kappa shape index (κ3) is 2.96. The van der Waals surface area contributed by atoms with Crippen LogP contribution in [-0.2, 0) is 0 Å². The van der Waals surface area contributed by atoms with Gasteiger partial charge in [0.2, 0.25) is 0 Å². The lowest BCUT2D eigenvalue weighted by atomic mass is 10.6. The van der Waals surface area contributed by atoms with E-state index in [4.69, 9.17) is 5.73 Å². The second-order valence-corrected chi connectivity index (χ2v) is 1.11. The Morgan fingerprint density at radius 1 is 1.71 bits per heavy atom.